The average molecular weight is 208 g/mol. The molecule has 1 rings (SSSR count). The molecule has 2 unspecified atom stereocenters. The molecule has 0 radical (unpaired) electrons. The van der Waals surface area contributed by atoms with E-state index in [-0.39, 0.29) is 12.0 Å². The average Bonchev–Trinajstić information content (AvgIpc) is 2.26. The van der Waals surface area contributed by atoms with Crippen LogP contribution in [0, 0.1) is 12.8 Å². The van der Waals surface area contributed by atoms with Crippen LogP contribution in [0.4, 0.5) is 0 Å². The van der Waals surface area contributed by atoms with Crippen LogP contribution in [0.15, 0.2) is 24.3 Å². The van der Waals surface area contributed by atoms with E-state index in [1.165, 1.54) is 5.56 Å². The van der Waals surface area contributed by atoms with Crippen molar-refractivity contribution in [1.29, 1.82) is 0 Å². The van der Waals surface area contributed by atoms with E-state index in [1.807, 2.05) is 38.1 Å². The Labute approximate surface area is 91.9 Å². The third-order valence-corrected chi connectivity index (χ3v) is 2.74. The molecule has 1 aromatic rings. The molecule has 0 spiro atoms. The Kier molecular flexibility index (Phi) is 4.63. The minimum Gasteiger partial charge on any atom is -0.491 e. The molecule has 15 heavy (non-hydrogen) atoms. The van der Waals surface area contributed by atoms with Crippen LogP contribution in [0.2, 0.25) is 0 Å². The van der Waals surface area contributed by atoms with Crippen LogP contribution >= 0.6 is 0 Å². The molecule has 2 nitrogen and oxygen atoms in total. The summed E-state index contributed by atoms with van der Waals surface area (Å²) >= 11 is 0. The van der Waals surface area contributed by atoms with Gasteiger partial charge in [-0.25, -0.2) is 0 Å². The molecule has 1 aromatic carbocycles. The first-order valence-electron chi connectivity index (χ1n) is 5.51. The summed E-state index contributed by atoms with van der Waals surface area (Å²) in [5.74, 6) is 1.11. The normalized spacial score (nSPS) is 14.7. The first-order chi connectivity index (χ1) is 7.13. The van der Waals surface area contributed by atoms with Crippen molar-refractivity contribution in [3.63, 3.8) is 0 Å². The Morgan fingerprint density at radius 2 is 1.87 bits per heavy atom. The van der Waals surface area contributed by atoms with Gasteiger partial charge in [-0.2, -0.15) is 0 Å². The van der Waals surface area contributed by atoms with Crippen molar-refractivity contribution in [3.05, 3.63) is 29.8 Å². The minimum atomic E-state index is -0.378. The minimum absolute atomic E-state index is 0.287. The lowest BCUT2D eigenvalue weighted by Crippen LogP contribution is -2.24. The van der Waals surface area contributed by atoms with E-state index in [0.717, 1.165) is 12.2 Å². The van der Waals surface area contributed by atoms with Crippen molar-refractivity contribution in [2.75, 3.05) is 6.61 Å². The van der Waals surface area contributed by atoms with Crippen molar-refractivity contribution in [2.24, 2.45) is 5.92 Å². The number of aliphatic hydroxyl groups excluding tert-OH is 1. The Balaban J connectivity index is 2.40. The highest BCUT2D eigenvalue weighted by Crippen LogP contribution is 2.14. The maximum Gasteiger partial charge on any atom is 0.119 e. The summed E-state index contributed by atoms with van der Waals surface area (Å²) in [5.41, 5.74) is 1.21. The van der Waals surface area contributed by atoms with Gasteiger partial charge in [-0.15, -0.1) is 0 Å². The second-order valence-corrected chi connectivity index (χ2v) is 4.08. The summed E-state index contributed by atoms with van der Waals surface area (Å²) in [6.45, 7) is 6.51. The molecule has 0 saturated carbocycles. The second-order valence-electron chi connectivity index (χ2n) is 4.08. The molecule has 0 heterocycles. The Morgan fingerprint density at radius 3 is 2.40 bits per heavy atom. The highest BCUT2D eigenvalue weighted by molar-refractivity contribution is 5.26. The van der Waals surface area contributed by atoms with Crippen LogP contribution < -0.4 is 4.74 Å². The molecule has 0 aliphatic rings. The van der Waals surface area contributed by atoms with Gasteiger partial charge in [-0.3, -0.25) is 0 Å². The molecule has 0 saturated heterocycles. The third kappa shape index (κ3) is 3.92. The molecule has 0 bridgehead atoms. The fourth-order valence-electron chi connectivity index (χ4n) is 1.25. The predicted molar refractivity (Wildman–Crippen MR) is 62.1 cm³/mol. The van der Waals surface area contributed by atoms with Crippen LogP contribution in [0.5, 0.6) is 5.75 Å². The van der Waals surface area contributed by atoms with E-state index in [9.17, 15) is 5.11 Å². The molecular weight excluding hydrogens is 188 g/mol. The molecule has 0 aliphatic heterocycles. The van der Waals surface area contributed by atoms with Crippen molar-refractivity contribution >= 4 is 0 Å². The SMILES string of the molecule is CCC(C)C(O)COc1ccc(C)cc1. The zero-order valence-electron chi connectivity index (χ0n) is 9.73. The summed E-state index contributed by atoms with van der Waals surface area (Å²) in [4.78, 5) is 0. The highest BCUT2D eigenvalue weighted by Gasteiger charge is 2.12. The van der Waals surface area contributed by atoms with E-state index in [1.54, 1.807) is 0 Å². The molecule has 0 aliphatic carbocycles. The number of hydrogen-bond donors (Lipinski definition) is 1. The van der Waals surface area contributed by atoms with Gasteiger partial charge in [0, 0.05) is 0 Å². The van der Waals surface area contributed by atoms with Crippen LogP contribution in [-0.4, -0.2) is 17.8 Å². The van der Waals surface area contributed by atoms with Gasteiger partial charge in [0.2, 0.25) is 0 Å². The summed E-state index contributed by atoms with van der Waals surface area (Å²) in [7, 11) is 0. The number of hydrogen-bond acceptors (Lipinski definition) is 2. The standard InChI is InChI=1S/C13H20O2/c1-4-11(3)13(14)9-15-12-7-5-10(2)6-8-12/h5-8,11,13-14H,4,9H2,1-3H3. The molecule has 1 N–H and O–H groups in total. The fourth-order valence-corrected chi connectivity index (χ4v) is 1.25. The van der Waals surface area contributed by atoms with Crippen molar-refractivity contribution < 1.29 is 9.84 Å². The maximum absolute atomic E-state index is 9.71. The summed E-state index contributed by atoms with van der Waals surface area (Å²) in [6.07, 6.45) is 0.592. The van der Waals surface area contributed by atoms with Gasteiger partial charge in [-0.05, 0) is 25.0 Å². The monoisotopic (exact) mass is 208 g/mol. The van der Waals surface area contributed by atoms with Gasteiger partial charge in [0.25, 0.3) is 0 Å². The first kappa shape index (κ1) is 12.1. The summed E-state index contributed by atoms with van der Waals surface area (Å²) in [5, 5.41) is 9.71. The molecule has 0 fully saturated rings. The number of rotatable bonds is 5. The van der Waals surface area contributed by atoms with Gasteiger partial charge in [-0.1, -0.05) is 38.0 Å². The Hall–Kier alpha value is -1.02. The quantitative estimate of drug-likeness (QED) is 0.806. The van der Waals surface area contributed by atoms with E-state index in [4.69, 9.17) is 4.74 Å². The van der Waals surface area contributed by atoms with Crippen molar-refractivity contribution in [3.8, 4) is 5.75 Å². The highest BCUT2D eigenvalue weighted by atomic mass is 16.5. The van der Waals surface area contributed by atoms with Crippen LogP contribution in [0.3, 0.4) is 0 Å². The number of benzene rings is 1. The van der Waals surface area contributed by atoms with Crippen LogP contribution in [-0.2, 0) is 0 Å². The molecule has 2 atom stereocenters. The molecule has 84 valence electrons. The lowest BCUT2D eigenvalue weighted by molar-refractivity contribution is 0.0622. The number of aryl methyl sites for hydroxylation is 1. The lowest BCUT2D eigenvalue weighted by Gasteiger charge is -2.17. The zero-order valence-corrected chi connectivity index (χ0v) is 9.73. The third-order valence-electron chi connectivity index (χ3n) is 2.74. The summed E-state index contributed by atoms with van der Waals surface area (Å²) < 4.78 is 5.50. The largest absolute Gasteiger partial charge is 0.491 e. The van der Waals surface area contributed by atoms with Gasteiger partial charge in [0.1, 0.15) is 12.4 Å². The topological polar surface area (TPSA) is 29.5 Å². The van der Waals surface area contributed by atoms with Crippen LogP contribution in [0.1, 0.15) is 25.8 Å². The van der Waals surface area contributed by atoms with Crippen molar-refractivity contribution in [1.82, 2.24) is 0 Å². The molecule has 2 heteroatoms. The van der Waals surface area contributed by atoms with E-state index >= 15 is 0 Å². The number of aliphatic hydroxyl groups is 1. The van der Waals surface area contributed by atoms with E-state index in [0.29, 0.717) is 6.61 Å². The van der Waals surface area contributed by atoms with Gasteiger partial charge in [0.05, 0.1) is 6.10 Å². The smallest absolute Gasteiger partial charge is 0.119 e. The lowest BCUT2D eigenvalue weighted by atomic mass is 10.0. The van der Waals surface area contributed by atoms with Gasteiger partial charge < -0.3 is 9.84 Å². The van der Waals surface area contributed by atoms with Crippen molar-refractivity contribution in [2.45, 2.75) is 33.3 Å². The fraction of sp³-hybridized carbons (Fsp3) is 0.538. The second kappa shape index (κ2) is 5.76. The van der Waals surface area contributed by atoms with Crippen LogP contribution in [0.25, 0.3) is 0 Å². The molecular formula is C13H20O2. The molecule has 0 amide bonds. The maximum atomic E-state index is 9.71. The first-order valence-corrected chi connectivity index (χ1v) is 5.51. The molecule has 0 aromatic heterocycles. The Bertz CT molecular complexity index is 279. The predicted octanol–water partition coefficient (Wildman–Crippen LogP) is 2.78. The van der Waals surface area contributed by atoms with E-state index < -0.39 is 0 Å². The van der Waals surface area contributed by atoms with Gasteiger partial charge >= 0.3 is 0 Å². The zero-order chi connectivity index (χ0) is 11.3. The number of ether oxygens (including phenoxy) is 1. The van der Waals surface area contributed by atoms with E-state index in [2.05, 4.69) is 6.92 Å². The van der Waals surface area contributed by atoms with Gasteiger partial charge in [0.15, 0.2) is 0 Å². The summed E-state index contributed by atoms with van der Waals surface area (Å²) in [6, 6.07) is 7.87. The Morgan fingerprint density at radius 1 is 1.27 bits per heavy atom.